The number of hydrogen-bond donors (Lipinski definition) is 0. The van der Waals surface area contributed by atoms with Gasteiger partial charge in [-0.15, -0.1) is 11.8 Å². The van der Waals surface area contributed by atoms with Crippen molar-refractivity contribution in [3.8, 4) is 0 Å². The predicted octanol–water partition coefficient (Wildman–Crippen LogP) is 4.09. The largest absolute Gasteiger partial charge is 0.469 e. The number of carbonyl (C=O) groups excluding carboxylic acids is 2. The number of carbonyl (C=O) groups is 2. The van der Waals surface area contributed by atoms with E-state index in [1.807, 2.05) is 18.2 Å². The molecule has 5 heteroatoms. The van der Waals surface area contributed by atoms with Crippen molar-refractivity contribution in [2.45, 2.75) is 31.1 Å². The van der Waals surface area contributed by atoms with Crippen LogP contribution in [0, 0.1) is 5.41 Å². The first-order chi connectivity index (χ1) is 9.46. The molecule has 0 aliphatic heterocycles. The van der Waals surface area contributed by atoms with Crippen molar-refractivity contribution in [2.75, 3.05) is 12.9 Å². The lowest BCUT2D eigenvalue weighted by Crippen LogP contribution is -2.12. The van der Waals surface area contributed by atoms with Crippen LogP contribution in [0.25, 0.3) is 0 Å². The first-order valence-electron chi connectivity index (χ1n) is 6.46. The van der Waals surface area contributed by atoms with Crippen LogP contribution in [0.15, 0.2) is 27.6 Å². The Balaban J connectivity index is 1.96. The fourth-order valence-electron chi connectivity index (χ4n) is 2.03. The second-order valence-electron chi connectivity index (χ2n) is 5.24. The number of halogens is 1. The van der Waals surface area contributed by atoms with E-state index in [9.17, 15) is 9.59 Å². The van der Waals surface area contributed by atoms with Crippen molar-refractivity contribution in [2.24, 2.45) is 5.41 Å². The molecular formula is C15H17BrO3S. The van der Waals surface area contributed by atoms with E-state index >= 15 is 0 Å². The van der Waals surface area contributed by atoms with E-state index in [1.165, 1.54) is 7.11 Å². The summed E-state index contributed by atoms with van der Waals surface area (Å²) in [6.45, 7) is 1.56. The lowest BCUT2D eigenvalue weighted by molar-refractivity contribution is -0.141. The number of ether oxygens (including phenoxy) is 1. The predicted molar refractivity (Wildman–Crippen MR) is 83.2 cm³/mol. The fourth-order valence-corrected chi connectivity index (χ4v) is 4.07. The highest BCUT2D eigenvalue weighted by Crippen LogP contribution is 2.52. The van der Waals surface area contributed by atoms with Gasteiger partial charge in [-0.05, 0) is 43.4 Å². The Kier molecular flexibility index (Phi) is 4.91. The van der Waals surface area contributed by atoms with E-state index in [4.69, 9.17) is 4.74 Å². The third-order valence-electron chi connectivity index (χ3n) is 3.57. The molecule has 1 aromatic carbocycles. The summed E-state index contributed by atoms with van der Waals surface area (Å²) >= 11 is 5.15. The molecule has 1 saturated carbocycles. The molecule has 0 heterocycles. The monoisotopic (exact) mass is 356 g/mol. The van der Waals surface area contributed by atoms with Crippen molar-refractivity contribution >= 4 is 39.4 Å². The van der Waals surface area contributed by atoms with E-state index in [-0.39, 0.29) is 17.2 Å². The number of benzene rings is 1. The standard InChI is InChI=1S/C15H17BrO3S/c1-10(17)12-4-3-11(7-13(12)16)20-9-15(5-6-15)8-14(18)19-2/h3-4,7H,5-6,8-9H2,1-2H3. The first-order valence-corrected chi connectivity index (χ1v) is 8.24. The second kappa shape index (κ2) is 6.31. The summed E-state index contributed by atoms with van der Waals surface area (Å²) in [5.41, 5.74) is 0.814. The van der Waals surface area contributed by atoms with Gasteiger partial charge in [-0.3, -0.25) is 9.59 Å². The number of ketones is 1. The average molecular weight is 357 g/mol. The second-order valence-corrected chi connectivity index (χ2v) is 7.14. The molecule has 2 rings (SSSR count). The Bertz CT molecular complexity index is 538. The Morgan fingerprint density at radius 1 is 1.40 bits per heavy atom. The maximum Gasteiger partial charge on any atom is 0.306 e. The molecule has 0 spiro atoms. The zero-order valence-corrected chi connectivity index (χ0v) is 14.0. The van der Waals surface area contributed by atoms with Gasteiger partial charge in [0.2, 0.25) is 0 Å². The smallest absolute Gasteiger partial charge is 0.306 e. The zero-order valence-electron chi connectivity index (χ0n) is 11.6. The van der Waals surface area contributed by atoms with Gasteiger partial charge in [0.05, 0.1) is 13.5 Å². The summed E-state index contributed by atoms with van der Waals surface area (Å²) < 4.78 is 5.57. The van der Waals surface area contributed by atoms with E-state index < -0.39 is 0 Å². The number of rotatable bonds is 6. The average Bonchev–Trinajstić information content (AvgIpc) is 3.16. The Morgan fingerprint density at radius 3 is 2.60 bits per heavy atom. The van der Waals surface area contributed by atoms with Crippen LogP contribution < -0.4 is 0 Å². The zero-order chi connectivity index (χ0) is 14.8. The van der Waals surface area contributed by atoms with Crippen molar-refractivity contribution in [3.63, 3.8) is 0 Å². The van der Waals surface area contributed by atoms with Crippen molar-refractivity contribution < 1.29 is 14.3 Å². The molecule has 108 valence electrons. The van der Waals surface area contributed by atoms with Gasteiger partial charge in [0.1, 0.15) is 0 Å². The van der Waals surface area contributed by atoms with E-state index in [1.54, 1.807) is 18.7 Å². The quantitative estimate of drug-likeness (QED) is 0.437. The van der Waals surface area contributed by atoms with Crippen LogP contribution in [-0.2, 0) is 9.53 Å². The minimum atomic E-state index is -0.129. The number of Topliss-reactive ketones (excluding diaryl/α,β-unsaturated/α-hetero) is 1. The van der Waals surface area contributed by atoms with E-state index in [0.29, 0.717) is 12.0 Å². The SMILES string of the molecule is COC(=O)CC1(CSc2ccc(C(C)=O)c(Br)c2)CC1. The molecule has 0 radical (unpaired) electrons. The van der Waals surface area contributed by atoms with Gasteiger partial charge in [0, 0.05) is 20.7 Å². The van der Waals surface area contributed by atoms with Gasteiger partial charge >= 0.3 is 5.97 Å². The summed E-state index contributed by atoms with van der Waals surface area (Å²) in [7, 11) is 1.43. The van der Waals surface area contributed by atoms with E-state index in [0.717, 1.165) is 28.0 Å². The van der Waals surface area contributed by atoms with Gasteiger partial charge < -0.3 is 4.74 Å². The van der Waals surface area contributed by atoms with Crippen LogP contribution >= 0.6 is 27.7 Å². The molecule has 1 aliphatic rings. The lowest BCUT2D eigenvalue weighted by Gasteiger charge is -2.13. The maximum absolute atomic E-state index is 11.4. The molecule has 1 fully saturated rings. The van der Waals surface area contributed by atoms with Crippen molar-refractivity contribution in [3.05, 3.63) is 28.2 Å². The minimum Gasteiger partial charge on any atom is -0.469 e. The molecule has 0 amide bonds. The third-order valence-corrected chi connectivity index (χ3v) is 5.57. The fraction of sp³-hybridized carbons (Fsp3) is 0.467. The molecule has 0 bridgehead atoms. The van der Waals surface area contributed by atoms with Gasteiger partial charge in [-0.2, -0.15) is 0 Å². The van der Waals surface area contributed by atoms with Crippen LogP contribution in [-0.4, -0.2) is 24.6 Å². The van der Waals surface area contributed by atoms with Crippen LogP contribution in [0.3, 0.4) is 0 Å². The molecule has 0 aromatic heterocycles. The highest BCUT2D eigenvalue weighted by Gasteiger charge is 2.44. The molecule has 3 nitrogen and oxygen atoms in total. The number of esters is 1. The summed E-state index contributed by atoms with van der Waals surface area (Å²) in [4.78, 5) is 23.9. The molecular weight excluding hydrogens is 340 g/mol. The lowest BCUT2D eigenvalue weighted by atomic mass is 10.1. The third kappa shape index (κ3) is 3.85. The molecule has 0 N–H and O–H groups in total. The van der Waals surface area contributed by atoms with Gasteiger partial charge in [-0.1, -0.05) is 15.9 Å². The Hall–Kier alpha value is -0.810. The molecule has 0 unspecified atom stereocenters. The normalized spacial score (nSPS) is 15.8. The topological polar surface area (TPSA) is 43.4 Å². The highest BCUT2D eigenvalue weighted by atomic mass is 79.9. The summed E-state index contributed by atoms with van der Waals surface area (Å²) in [5.74, 6) is 0.836. The summed E-state index contributed by atoms with van der Waals surface area (Å²) in [5, 5.41) is 0. The Labute approximate surface area is 131 Å². The van der Waals surface area contributed by atoms with Gasteiger partial charge in [0.25, 0.3) is 0 Å². The minimum absolute atomic E-state index is 0.0535. The number of hydrogen-bond acceptors (Lipinski definition) is 4. The Morgan fingerprint density at radius 2 is 2.10 bits per heavy atom. The summed E-state index contributed by atoms with van der Waals surface area (Å²) in [6, 6.07) is 5.77. The van der Waals surface area contributed by atoms with Crippen LogP contribution in [0.1, 0.15) is 36.5 Å². The molecule has 0 atom stereocenters. The number of methoxy groups -OCH3 is 1. The van der Waals surface area contributed by atoms with Crippen LogP contribution in [0.4, 0.5) is 0 Å². The molecule has 0 saturated heterocycles. The number of thioether (sulfide) groups is 1. The summed E-state index contributed by atoms with van der Waals surface area (Å²) in [6.07, 6.45) is 2.67. The first kappa shape index (κ1) is 15.6. The van der Waals surface area contributed by atoms with Crippen molar-refractivity contribution in [1.82, 2.24) is 0 Å². The van der Waals surface area contributed by atoms with Gasteiger partial charge in [0.15, 0.2) is 5.78 Å². The van der Waals surface area contributed by atoms with Crippen LogP contribution in [0.5, 0.6) is 0 Å². The van der Waals surface area contributed by atoms with Gasteiger partial charge in [-0.25, -0.2) is 0 Å². The molecule has 1 aliphatic carbocycles. The van der Waals surface area contributed by atoms with Crippen LogP contribution in [0.2, 0.25) is 0 Å². The molecule has 20 heavy (non-hydrogen) atoms. The van der Waals surface area contributed by atoms with Crippen molar-refractivity contribution in [1.29, 1.82) is 0 Å². The van der Waals surface area contributed by atoms with E-state index in [2.05, 4.69) is 15.9 Å². The molecule has 1 aromatic rings. The highest BCUT2D eigenvalue weighted by molar-refractivity contribution is 9.10. The maximum atomic E-state index is 11.4.